The zero-order valence-corrected chi connectivity index (χ0v) is 18.5. The Hall–Kier alpha value is -1.57. The summed E-state index contributed by atoms with van der Waals surface area (Å²) in [5.41, 5.74) is 10.6. The van der Waals surface area contributed by atoms with Crippen LogP contribution in [-0.4, -0.2) is 5.84 Å². The molecule has 3 N–H and O–H groups in total. The molecule has 1 aromatic rings. The summed E-state index contributed by atoms with van der Waals surface area (Å²) in [6, 6.07) is 6.03. The highest BCUT2D eigenvalue weighted by molar-refractivity contribution is 5.95. The van der Waals surface area contributed by atoms with Crippen molar-refractivity contribution < 1.29 is 0 Å². The molecule has 2 heteroatoms. The number of nitrogens with two attached hydrogens (primary N) is 1. The van der Waals surface area contributed by atoms with Crippen molar-refractivity contribution in [1.29, 1.82) is 5.41 Å². The maximum atomic E-state index is 7.56. The van der Waals surface area contributed by atoms with E-state index in [2.05, 4.69) is 33.4 Å². The van der Waals surface area contributed by atoms with Crippen LogP contribution in [-0.2, 0) is 0 Å². The molecule has 0 saturated heterocycles. The molecule has 1 aromatic carbocycles. The summed E-state index contributed by atoms with van der Waals surface area (Å²) in [5, 5.41) is 7.56. The molecule has 1 aliphatic rings. The molecule has 1 fully saturated rings. The van der Waals surface area contributed by atoms with Crippen LogP contribution in [0.15, 0.2) is 24.8 Å². The lowest BCUT2D eigenvalue weighted by molar-refractivity contribution is 0.126. The van der Waals surface area contributed by atoms with Crippen molar-refractivity contribution in [3.8, 4) is 0 Å². The smallest absolute Gasteiger partial charge is 0.122 e. The van der Waals surface area contributed by atoms with Crippen LogP contribution in [0.1, 0.15) is 102 Å². The minimum absolute atomic E-state index is 0.133. The predicted octanol–water partition coefficient (Wildman–Crippen LogP) is 7.49. The van der Waals surface area contributed by atoms with E-state index in [1.807, 2.05) is 26.0 Å². The minimum Gasteiger partial charge on any atom is -0.384 e. The summed E-state index contributed by atoms with van der Waals surface area (Å²) < 4.78 is 0. The molecule has 0 aromatic heterocycles. The van der Waals surface area contributed by atoms with E-state index >= 15 is 0 Å². The van der Waals surface area contributed by atoms with Gasteiger partial charge in [0.15, 0.2) is 0 Å². The fourth-order valence-corrected chi connectivity index (χ4v) is 4.57. The van der Waals surface area contributed by atoms with Gasteiger partial charge >= 0.3 is 0 Å². The molecular weight excluding hydrogens is 328 g/mol. The number of allylic oxidation sites excluding steroid dienone is 1. The molecule has 0 unspecified atom stereocenters. The number of nitrogen functional groups attached to an aromatic ring is 1. The first-order chi connectivity index (χ1) is 12.9. The third-order valence-corrected chi connectivity index (χ3v) is 6.22. The first-order valence-corrected chi connectivity index (χ1v) is 11.0. The number of aryl methyl sites for hydroxylation is 1. The first-order valence-electron chi connectivity index (χ1n) is 11.0. The molecule has 1 aliphatic carbocycles. The van der Waals surface area contributed by atoms with E-state index in [0.717, 1.165) is 17.9 Å². The van der Waals surface area contributed by atoms with E-state index in [0.29, 0.717) is 5.41 Å². The highest BCUT2D eigenvalue weighted by Gasteiger charge is 2.32. The second-order valence-corrected chi connectivity index (χ2v) is 8.33. The van der Waals surface area contributed by atoms with Gasteiger partial charge in [-0.1, -0.05) is 65.7 Å². The van der Waals surface area contributed by atoms with Crippen molar-refractivity contribution in [3.63, 3.8) is 0 Å². The topological polar surface area (TPSA) is 49.9 Å². The summed E-state index contributed by atoms with van der Waals surface area (Å²) in [6.45, 7) is 15.2. The zero-order valence-electron chi connectivity index (χ0n) is 18.5. The molecule has 0 aliphatic heterocycles. The number of hydrogen-bond donors (Lipinski definition) is 2. The number of hydrogen-bond acceptors (Lipinski definition) is 1. The third-order valence-electron chi connectivity index (χ3n) is 6.22. The van der Waals surface area contributed by atoms with Crippen molar-refractivity contribution in [2.45, 2.75) is 92.4 Å². The van der Waals surface area contributed by atoms with Gasteiger partial charge in [0.1, 0.15) is 5.84 Å². The first kappa shape index (κ1) is 23.5. The van der Waals surface area contributed by atoms with E-state index < -0.39 is 0 Å². The van der Waals surface area contributed by atoms with Gasteiger partial charge in [-0.05, 0) is 79.5 Å². The Morgan fingerprint density at radius 3 is 2.37 bits per heavy atom. The van der Waals surface area contributed by atoms with E-state index in [1.165, 1.54) is 68.1 Å². The standard InChI is InChI=1S/C23H36N2.C2H6/c1-5-12-23(14-10-17(2)11-15-23)13-6-7-18(3)21-9-8-20(22(24)25)16-19(21)4;1-2/h8-9,16-17H,3,5-7,10-15H2,1-2,4H3,(H3,24,25);1-2H3. The Labute approximate surface area is 168 Å². The van der Waals surface area contributed by atoms with E-state index in [4.69, 9.17) is 11.1 Å². The van der Waals surface area contributed by atoms with Crippen molar-refractivity contribution in [2.24, 2.45) is 17.1 Å². The lowest BCUT2D eigenvalue weighted by Crippen LogP contribution is -2.26. The maximum Gasteiger partial charge on any atom is 0.122 e. The van der Waals surface area contributed by atoms with Crippen LogP contribution in [0.25, 0.3) is 5.57 Å². The number of amidine groups is 1. The zero-order chi connectivity index (χ0) is 20.4. The van der Waals surface area contributed by atoms with Gasteiger partial charge in [-0.25, -0.2) is 0 Å². The molecule has 2 rings (SSSR count). The van der Waals surface area contributed by atoms with Gasteiger partial charge < -0.3 is 5.73 Å². The summed E-state index contributed by atoms with van der Waals surface area (Å²) in [6.07, 6.45) is 12.0. The number of benzene rings is 1. The summed E-state index contributed by atoms with van der Waals surface area (Å²) in [7, 11) is 0. The molecular formula is C25H42N2. The molecule has 0 bridgehead atoms. The lowest BCUT2D eigenvalue weighted by atomic mass is 9.66. The number of rotatable bonds is 8. The van der Waals surface area contributed by atoms with Crippen LogP contribution in [0.4, 0.5) is 0 Å². The van der Waals surface area contributed by atoms with E-state index in [9.17, 15) is 0 Å². The Morgan fingerprint density at radius 1 is 1.22 bits per heavy atom. The van der Waals surface area contributed by atoms with Gasteiger partial charge in [-0.2, -0.15) is 0 Å². The van der Waals surface area contributed by atoms with Crippen LogP contribution in [0.3, 0.4) is 0 Å². The second kappa shape index (κ2) is 11.3. The average Bonchev–Trinajstić information content (AvgIpc) is 2.65. The highest BCUT2D eigenvalue weighted by atomic mass is 14.7. The third kappa shape index (κ3) is 6.83. The normalized spacial score (nSPS) is 21.9. The summed E-state index contributed by atoms with van der Waals surface area (Å²) in [5.74, 6) is 1.05. The Balaban J connectivity index is 0.00000176. The summed E-state index contributed by atoms with van der Waals surface area (Å²) >= 11 is 0. The molecule has 0 heterocycles. The highest BCUT2D eigenvalue weighted by Crippen LogP contribution is 2.46. The Bertz CT molecular complexity index is 607. The largest absolute Gasteiger partial charge is 0.384 e. The van der Waals surface area contributed by atoms with Gasteiger partial charge in [0, 0.05) is 5.56 Å². The molecule has 0 atom stereocenters. The van der Waals surface area contributed by atoms with Crippen LogP contribution in [0, 0.1) is 23.7 Å². The number of nitrogens with one attached hydrogen (secondary N) is 1. The molecule has 0 spiro atoms. The van der Waals surface area contributed by atoms with Gasteiger partial charge in [-0.3, -0.25) is 5.41 Å². The molecule has 2 nitrogen and oxygen atoms in total. The van der Waals surface area contributed by atoms with Gasteiger partial charge in [0.25, 0.3) is 0 Å². The van der Waals surface area contributed by atoms with Crippen LogP contribution >= 0.6 is 0 Å². The fourth-order valence-electron chi connectivity index (χ4n) is 4.57. The van der Waals surface area contributed by atoms with Crippen LogP contribution < -0.4 is 5.73 Å². The van der Waals surface area contributed by atoms with Gasteiger partial charge in [0.2, 0.25) is 0 Å². The molecule has 0 radical (unpaired) electrons. The molecule has 27 heavy (non-hydrogen) atoms. The molecule has 1 saturated carbocycles. The van der Waals surface area contributed by atoms with E-state index in [-0.39, 0.29) is 5.84 Å². The predicted molar refractivity (Wildman–Crippen MR) is 121 cm³/mol. The quantitative estimate of drug-likeness (QED) is 0.361. The van der Waals surface area contributed by atoms with Crippen molar-refractivity contribution in [1.82, 2.24) is 0 Å². The Morgan fingerprint density at radius 2 is 1.85 bits per heavy atom. The minimum atomic E-state index is 0.133. The maximum absolute atomic E-state index is 7.56. The average molecular weight is 371 g/mol. The molecule has 152 valence electrons. The van der Waals surface area contributed by atoms with Crippen molar-refractivity contribution in [2.75, 3.05) is 0 Å². The second-order valence-electron chi connectivity index (χ2n) is 8.33. The van der Waals surface area contributed by atoms with Crippen molar-refractivity contribution >= 4 is 11.4 Å². The lowest BCUT2D eigenvalue weighted by Gasteiger charge is -2.40. The summed E-state index contributed by atoms with van der Waals surface area (Å²) in [4.78, 5) is 0. The van der Waals surface area contributed by atoms with Crippen LogP contribution in [0.5, 0.6) is 0 Å². The van der Waals surface area contributed by atoms with E-state index in [1.54, 1.807) is 0 Å². The SMILES string of the molecule is C=C(CCCC1(CCC)CCC(C)CC1)c1ccc(C(=N)N)cc1C.CC. The van der Waals surface area contributed by atoms with Gasteiger partial charge in [-0.15, -0.1) is 0 Å². The van der Waals surface area contributed by atoms with Gasteiger partial charge in [0.05, 0.1) is 0 Å². The molecule has 0 amide bonds. The monoisotopic (exact) mass is 370 g/mol. The fraction of sp³-hybridized carbons (Fsp3) is 0.640. The van der Waals surface area contributed by atoms with Crippen molar-refractivity contribution in [3.05, 3.63) is 41.5 Å². The van der Waals surface area contributed by atoms with Crippen LogP contribution in [0.2, 0.25) is 0 Å². The Kier molecular flexibility index (Phi) is 9.83.